The van der Waals surface area contributed by atoms with Crippen molar-refractivity contribution in [1.29, 1.82) is 0 Å². The average Bonchev–Trinajstić information content (AvgIpc) is 3.00. The minimum Gasteiger partial charge on any atom is -0.456 e. The molecule has 0 aliphatic carbocycles. The van der Waals surface area contributed by atoms with Crippen molar-refractivity contribution < 1.29 is 23.1 Å². The third kappa shape index (κ3) is 4.65. The fourth-order valence-corrected chi connectivity index (χ4v) is 2.74. The molecule has 3 aromatic rings. The maximum Gasteiger partial charge on any atom is 0.437 e. The molecule has 0 amide bonds. The van der Waals surface area contributed by atoms with E-state index >= 15 is 0 Å². The van der Waals surface area contributed by atoms with Gasteiger partial charge in [-0.3, -0.25) is 9.59 Å². The summed E-state index contributed by atoms with van der Waals surface area (Å²) < 4.78 is 23.5. The van der Waals surface area contributed by atoms with E-state index in [1.807, 2.05) is 0 Å². The number of hydrogen-bond donors (Lipinski definition) is 0. The Hall–Kier alpha value is -2.97. The Balaban J connectivity index is 1.63. The topological polar surface area (TPSA) is 91.4 Å². The van der Waals surface area contributed by atoms with Gasteiger partial charge in [-0.2, -0.15) is 4.68 Å². The van der Waals surface area contributed by atoms with E-state index < -0.39 is 36.5 Å². The minimum absolute atomic E-state index is 0.0816. The number of rotatable bonds is 6. The highest BCUT2D eigenvalue weighted by atomic mass is 35.5. The molecule has 1 heterocycles. The molecule has 0 radical (unpaired) electrons. The molecule has 10 heteroatoms. The number of hydrogen-bond acceptors (Lipinski definition) is 6. The van der Waals surface area contributed by atoms with E-state index in [2.05, 4.69) is 5.10 Å². The van der Waals surface area contributed by atoms with Crippen LogP contribution in [0, 0.1) is 5.82 Å². The first-order valence-electron chi connectivity index (χ1n) is 7.81. The van der Waals surface area contributed by atoms with Crippen molar-refractivity contribution in [2.24, 2.45) is 0 Å². The first-order valence-corrected chi connectivity index (χ1v) is 8.57. The van der Waals surface area contributed by atoms with Crippen LogP contribution in [0.1, 0.15) is 10.4 Å². The molecule has 144 valence electrons. The molecule has 3 rings (SSSR count). The van der Waals surface area contributed by atoms with E-state index in [1.165, 1.54) is 42.5 Å². The number of Topliss-reactive ketones (excluding diaryl/α,β-unsaturated/α-hetero) is 1. The summed E-state index contributed by atoms with van der Waals surface area (Å²) in [5.74, 6) is -2.85. The van der Waals surface area contributed by atoms with Gasteiger partial charge in [-0.1, -0.05) is 23.2 Å². The number of ketones is 1. The molecule has 7 nitrogen and oxygen atoms in total. The van der Waals surface area contributed by atoms with Gasteiger partial charge in [0, 0.05) is 16.1 Å². The minimum atomic E-state index is -0.900. The van der Waals surface area contributed by atoms with Crippen molar-refractivity contribution >= 4 is 35.0 Å². The molecule has 2 aromatic carbocycles. The van der Waals surface area contributed by atoms with Gasteiger partial charge in [-0.05, 0) is 42.5 Å². The molecule has 0 saturated heterocycles. The van der Waals surface area contributed by atoms with Crippen LogP contribution in [0.5, 0.6) is 0 Å². The molecule has 0 aliphatic heterocycles. The average molecular weight is 425 g/mol. The van der Waals surface area contributed by atoms with E-state index in [0.29, 0.717) is 10.6 Å². The maximum atomic E-state index is 13.0. The van der Waals surface area contributed by atoms with Crippen LogP contribution in [0.3, 0.4) is 0 Å². The van der Waals surface area contributed by atoms with E-state index in [0.717, 1.165) is 4.68 Å². The van der Waals surface area contributed by atoms with E-state index in [-0.39, 0.29) is 16.5 Å². The SMILES string of the molecule is O=C(Cn1nc(-c2ccc(F)cc2)oc1=O)OCC(=O)c1ccc(Cl)cc1Cl. The number of nitrogens with zero attached hydrogens (tertiary/aromatic N) is 2. The summed E-state index contributed by atoms with van der Waals surface area (Å²) in [4.78, 5) is 35.8. The molecule has 0 spiro atoms. The lowest BCUT2D eigenvalue weighted by Gasteiger charge is -2.05. The van der Waals surface area contributed by atoms with Crippen molar-refractivity contribution in [1.82, 2.24) is 9.78 Å². The van der Waals surface area contributed by atoms with Crippen LogP contribution < -0.4 is 5.76 Å². The molecular formula is C18H11Cl2FN2O5. The normalized spacial score (nSPS) is 10.7. The van der Waals surface area contributed by atoms with Gasteiger partial charge in [0.25, 0.3) is 0 Å². The predicted molar refractivity (Wildman–Crippen MR) is 97.9 cm³/mol. The number of carbonyl (C=O) groups is 2. The van der Waals surface area contributed by atoms with Crippen molar-refractivity contribution in [2.45, 2.75) is 6.54 Å². The van der Waals surface area contributed by atoms with Gasteiger partial charge in [-0.25, -0.2) is 9.18 Å². The number of benzene rings is 2. The van der Waals surface area contributed by atoms with Gasteiger partial charge in [0.1, 0.15) is 12.4 Å². The highest BCUT2D eigenvalue weighted by molar-refractivity contribution is 6.36. The van der Waals surface area contributed by atoms with Crippen molar-refractivity contribution in [2.75, 3.05) is 6.61 Å². The van der Waals surface area contributed by atoms with Gasteiger partial charge in [0.05, 0.1) is 5.02 Å². The quantitative estimate of drug-likeness (QED) is 0.444. The smallest absolute Gasteiger partial charge is 0.437 e. The Morgan fingerprint density at radius 2 is 1.86 bits per heavy atom. The Morgan fingerprint density at radius 3 is 2.54 bits per heavy atom. The third-order valence-electron chi connectivity index (χ3n) is 3.57. The first-order chi connectivity index (χ1) is 13.3. The van der Waals surface area contributed by atoms with Crippen LogP contribution in [-0.4, -0.2) is 28.1 Å². The summed E-state index contributed by atoms with van der Waals surface area (Å²) in [6.07, 6.45) is 0. The number of esters is 1. The second kappa shape index (κ2) is 8.37. The molecule has 0 fully saturated rings. The highest BCUT2D eigenvalue weighted by Gasteiger charge is 2.17. The first kappa shape index (κ1) is 19.8. The number of carbonyl (C=O) groups excluding carboxylic acids is 2. The Kier molecular flexibility index (Phi) is 5.91. The monoisotopic (exact) mass is 424 g/mol. The third-order valence-corrected chi connectivity index (χ3v) is 4.12. The van der Waals surface area contributed by atoms with E-state index in [1.54, 1.807) is 0 Å². The maximum absolute atomic E-state index is 13.0. The molecule has 0 atom stereocenters. The van der Waals surface area contributed by atoms with Crippen molar-refractivity contribution in [3.63, 3.8) is 0 Å². The van der Waals surface area contributed by atoms with Gasteiger partial charge in [0.2, 0.25) is 11.7 Å². The lowest BCUT2D eigenvalue weighted by Crippen LogP contribution is -2.24. The Bertz CT molecular complexity index is 1090. The zero-order valence-electron chi connectivity index (χ0n) is 14.0. The lowest BCUT2D eigenvalue weighted by atomic mass is 10.1. The van der Waals surface area contributed by atoms with Gasteiger partial charge in [-0.15, -0.1) is 5.10 Å². The van der Waals surface area contributed by atoms with Gasteiger partial charge in [0.15, 0.2) is 6.61 Å². The summed E-state index contributed by atoms with van der Waals surface area (Å²) in [6, 6.07) is 9.39. The van der Waals surface area contributed by atoms with Crippen molar-refractivity contribution in [3.05, 3.63) is 74.4 Å². The van der Waals surface area contributed by atoms with E-state index in [4.69, 9.17) is 32.4 Å². The fourth-order valence-electron chi connectivity index (χ4n) is 2.22. The molecule has 0 aliphatic rings. The lowest BCUT2D eigenvalue weighted by molar-refractivity contribution is -0.143. The van der Waals surface area contributed by atoms with Crippen molar-refractivity contribution in [3.8, 4) is 11.5 Å². The van der Waals surface area contributed by atoms with Crippen LogP contribution in [0.15, 0.2) is 51.7 Å². The molecule has 1 aromatic heterocycles. The van der Waals surface area contributed by atoms with Crippen LogP contribution >= 0.6 is 23.2 Å². The van der Waals surface area contributed by atoms with Gasteiger partial charge < -0.3 is 9.15 Å². The zero-order chi connectivity index (χ0) is 20.3. The van der Waals surface area contributed by atoms with Crippen LogP contribution in [-0.2, 0) is 16.1 Å². The molecule has 0 unspecified atom stereocenters. The summed E-state index contributed by atoms with van der Waals surface area (Å²) in [5, 5.41) is 4.34. The molecule has 0 saturated carbocycles. The van der Waals surface area contributed by atoms with Gasteiger partial charge >= 0.3 is 11.7 Å². The highest BCUT2D eigenvalue weighted by Crippen LogP contribution is 2.21. The van der Waals surface area contributed by atoms with Crippen LogP contribution in [0.4, 0.5) is 4.39 Å². The predicted octanol–water partition coefficient (Wildman–Crippen LogP) is 3.38. The van der Waals surface area contributed by atoms with Crippen LogP contribution in [0.25, 0.3) is 11.5 Å². The second-order valence-electron chi connectivity index (χ2n) is 5.55. The number of ether oxygens (including phenoxy) is 1. The number of halogens is 3. The largest absolute Gasteiger partial charge is 0.456 e. The summed E-state index contributed by atoms with van der Waals surface area (Å²) in [6.45, 7) is -1.14. The number of aromatic nitrogens is 2. The van der Waals surface area contributed by atoms with E-state index in [9.17, 15) is 18.8 Å². The summed E-state index contributed by atoms with van der Waals surface area (Å²) in [7, 11) is 0. The second-order valence-corrected chi connectivity index (χ2v) is 6.39. The summed E-state index contributed by atoms with van der Waals surface area (Å²) in [5.41, 5.74) is 0.509. The fraction of sp³-hybridized carbons (Fsp3) is 0.111. The molecular weight excluding hydrogens is 414 g/mol. The Morgan fingerprint density at radius 1 is 1.14 bits per heavy atom. The zero-order valence-corrected chi connectivity index (χ0v) is 15.5. The Labute approximate surface area is 167 Å². The molecule has 28 heavy (non-hydrogen) atoms. The summed E-state index contributed by atoms with van der Waals surface area (Å²) >= 11 is 11.7. The molecule has 0 bridgehead atoms. The molecule has 0 N–H and O–H groups in total. The van der Waals surface area contributed by atoms with Crippen LogP contribution in [0.2, 0.25) is 10.0 Å². The standard InChI is InChI=1S/C18H11Cl2FN2O5/c19-11-3-6-13(14(20)7-11)15(24)9-27-16(25)8-23-18(26)28-17(22-23)10-1-4-12(21)5-2-10/h1-7H,8-9H2.